The van der Waals surface area contributed by atoms with E-state index in [0.717, 1.165) is 80.0 Å². The van der Waals surface area contributed by atoms with Gasteiger partial charge in [-0.1, -0.05) is 11.6 Å². The molecule has 0 spiro atoms. The lowest BCUT2D eigenvalue weighted by Gasteiger charge is -2.37. The van der Waals surface area contributed by atoms with Crippen LogP contribution in [0.2, 0.25) is 5.02 Å². The van der Waals surface area contributed by atoms with E-state index in [1.165, 1.54) is 5.69 Å². The number of hydrogen-bond donors (Lipinski definition) is 0. The van der Waals surface area contributed by atoms with Gasteiger partial charge in [-0.05, 0) is 24.3 Å². The SMILES string of the molecule is Clc1ccc2nccc(N3CCN(c4cc(N5CCOCC5)ncn4)CC3)c2c1. The van der Waals surface area contributed by atoms with Crippen LogP contribution in [0.15, 0.2) is 42.9 Å². The summed E-state index contributed by atoms with van der Waals surface area (Å²) in [4.78, 5) is 20.5. The highest BCUT2D eigenvalue weighted by Crippen LogP contribution is 2.29. The molecule has 5 rings (SSSR count). The minimum absolute atomic E-state index is 0.738. The van der Waals surface area contributed by atoms with E-state index < -0.39 is 0 Å². The average molecular weight is 411 g/mol. The second-order valence-electron chi connectivity index (χ2n) is 7.30. The number of piperazine rings is 1. The molecular formula is C21H23ClN6O. The summed E-state index contributed by atoms with van der Waals surface area (Å²) < 4.78 is 5.45. The van der Waals surface area contributed by atoms with Gasteiger partial charge in [-0.2, -0.15) is 0 Å². The van der Waals surface area contributed by atoms with E-state index in [4.69, 9.17) is 16.3 Å². The van der Waals surface area contributed by atoms with Gasteiger partial charge in [0, 0.05) is 67.6 Å². The van der Waals surface area contributed by atoms with E-state index >= 15 is 0 Å². The lowest BCUT2D eigenvalue weighted by Crippen LogP contribution is -2.47. The van der Waals surface area contributed by atoms with E-state index in [1.54, 1.807) is 6.33 Å². The van der Waals surface area contributed by atoms with Gasteiger partial charge in [0.1, 0.15) is 18.0 Å². The van der Waals surface area contributed by atoms with Crippen molar-refractivity contribution in [2.75, 3.05) is 67.2 Å². The van der Waals surface area contributed by atoms with E-state index in [9.17, 15) is 0 Å². The van der Waals surface area contributed by atoms with Crippen molar-refractivity contribution in [3.63, 3.8) is 0 Å². The number of ether oxygens (including phenoxy) is 1. The van der Waals surface area contributed by atoms with Crippen LogP contribution < -0.4 is 14.7 Å². The minimum Gasteiger partial charge on any atom is -0.378 e. The number of pyridine rings is 1. The van der Waals surface area contributed by atoms with Crippen molar-refractivity contribution in [2.24, 2.45) is 0 Å². The van der Waals surface area contributed by atoms with Crippen LogP contribution in [-0.2, 0) is 4.74 Å². The Morgan fingerprint density at radius 1 is 0.759 bits per heavy atom. The van der Waals surface area contributed by atoms with Gasteiger partial charge in [0.2, 0.25) is 0 Å². The number of nitrogens with zero attached hydrogens (tertiary/aromatic N) is 6. The van der Waals surface area contributed by atoms with Gasteiger partial charge in [0.25, 0.3) is 0 Å². The van der Waals surface area contributed by atoms with Crippen LogP contribution in [0.25, 0.3) is 10.9 Å². The molecule has 0 atom stereocenters. The Morgan fingerprint density at radius 2 is 1.45 bits per heavy atom. The first-order valence-corrected chi connectivity index (χ1v) is 10.3. The molecule has 0 radical (unpaired) electrons. The third-order valence-electron chi connectivity index (χ3n) is 5.60. The molecule has 0 N–H and O–H groups in total. The molecule has 4 heterocycles. The smallest absolute Gasteiger partial charge is 0.134 e. The average Bonchev–Trinajstić information content (AvgIpc) is 2.79. The summed E-state index contributed by atoms with van der Waals surface area (Å²) in [6.45, 7) is 6.91. The maximum Gasteiger partial charge on any atom is 0.134 e. The fourth-order valence-corrected chi connectivity index (χ4v) is 4.20. The molecule has 0 unspecified atom stereocenters. The van der Waals surface area contributed by atoms with E-state index in [2.05, 4.69) is 41.8 Å². The summed E-state index contributed by atoms with van der Waals surface area (Å²) in [5, 5.41) is 1.84. The zero-order chi connectivity index (χ0) is 19.6. The van der Waals surface area contributed by atoms with Crippen LogP contribution in [0, 0.1) is 0 Å². The third kappa shape index (κ3) is 3.80. The van der Waals surface area contributed by atoms with Crippen molar-refractivity contribution in [2.45, 2.75) is 0 Å². The summed E-state index contributed by atoms with van der Waals surface area (Å²) in [5.41, 5.74) is 2.16. The van der Waals surface area contributed by atoms with Gasteiger partial charge >= 0.3 is 0 Å². The molecule has 2 aromatic heterocycles. The number of benzene rings is 1. The molecule has 2 saturated heterocycles. The summed E-state index contributed by atoms with van der Waals surface area (Å²) in [6.07, 6.45) is 3.54. The summed E-state index contributed by atoms with van der Waals surface area (Å²) in [5.74, 6) is 1.97. The third-order valence-corrected chi connectivity index (χ3v) is 5.83. The maximum absolute atomic E-state index is 6.23. The highest BCUT2D eigenvalue weighted by molar-refractivity contribution is 6.31. The predicted molar refractivity (Wildman–Crippen MR) is 116 cm³/mol. The minimum atomic E-state index is 0.738. The van der Waals surface area contributed by atoms with Crippen LogP contribution in [0.4, 0.5) is 17.3 Å². The number of anilines is 3. The lowest BCUT2D eigenvalue weighted by atomic mass is 10.1. The molecule has 2 fully saturated rings. The van der Waals surface area contributed by atoms with Crippen molar-refractivity contribution >= 4 is 39.8 Å². The van der Waals surface area contributed by atoms with Gasteiger partial charge in [0.15, 0.2) is 0 Å². The molecule has 0 aliphatic carbocycles. The van der Waals surface area contributed by atoms with Crippen LogP contribution in [-0.4, -0.2) is 67.4 Å². The molecular weight excluding hydrogens is 388 g/mol. The first kappa shape index (κ1) is 18.4. The van der Waals surface area contributed by atoms with Crippen LogP contribution in [0.3, 0.4) is 0 Å². The second kappa shape index (κ2) is 8.00. The topological polar surface area (TPSA) is 57.6 Å². The zero-order valence-electron chi connectivity index (χ0n) is 16.2. The highest BCUT2D eigenvalue weighted by atomic mass is 35.5. The van der Waals surface area contributed by atoms with Gasteiger partial charge in [-0.25, -0.2) is 9.97 Å². The zero-order valence-corrected chi connectivity index (χ0v) is 16.9. The van der Waals surface area contributed by atoms with E-state index in [-0.39, 0.29) is 0 Å². The molecule has 3 aromatic rings. The molecule has 1 aromatic carbocycles. The Morgan fingerprint density at radius 3 is 2.21 bits per heavy atom. The molecule has 8 heteroatoms. The van der Waals surface area contributed by atoms with Crippen LogP contribution in [0.5, 0.6) is 0 Å². The molecule has 2 aliphatic rings. The van der Waals surface area contributed by atoms with E-state index in [0.29, 0.717) is 0 Å². The van der Waals surface area contributed by atoms with Crippen LogP contribution in [0.1, 0.15) is 0 Å². The van der Waals surface area contributed by atoms with Crippen molar-refractivity contribution in [1.82, 2.24) is 15.0 Å². The van der Waals surface area contributed by atoms with Gasteiger partial charge in [-0.3, -0.25) is 4.98 Å². The molecule has 7 nitrogen and oxygen atoms in total. The fraction of sp³-hybridized carbons (Fsp3) is 0.381. The molecule has 0 amide bonds. The largest absolute Gasteiger partial charge is 0.378 e. The number of halogens is 1. The first-order valence-electron chi connectivity index (χ1n) is 9.97. The van der Waals surface area contributed by atoms with Gasteiger partial charge in [0.05, 0.1) is 18.7 Å². The Kier molecular flexibility index (Phi) is 5.08. The molecule has 29 heavy (non-hydrogen) atoms. The van der Waals surface area contributed by atoms with Crippen molar-refractivity contribution in [1.29, 1.82) is 0 Å². The van der Waals surface area contributed by atoms with Crippen molar-refractivity contribution in [3.8, 4) is 0 Å². The number of hydrogen-bond acceptors (Lipinski definition) is 7. The van der Waals surface area contributed by atoms with Crippen molar-refractivity contribution < 1.29 is 4.74 Å². The van der Waals surface area contributed by atoms with Gasteiger partial charge < -0.3 is 19.4 Å². The monoisotopic (exact) mass is 410 g/mol. The number of fused-ring (bicyclic) bond motifs is 1. The molecule has 0 bridgehead atoms. The first-order chi connectivity index (χ1) is 14.3. The highest BCUT2D eigenvalue weighted by Gasteiger charge is 2.21. The standard InChI is InChI=1S/C21H23ClN6O/c22-16-1-2-18-17(13-16)19(3-4-23-18)26-5-7-27(8-6-26)20-14-21(25-15-24-20)28-9-11-29-12-10-28/h1-4,13-15H,5-12H2. The Hall–Kier alpha value is -2.64. The maximum atomic E-state index is 6.23. The quantitative estimate of drug-likeness (QED) is 0.658. The predicted octanol–water partition coefficient (Wildman–Crippen LogP) is 2.84. The fourth-order valence-electron chi connectivity index (χ4n) is 4.03. The molecule has 2 aliphatic heterocycles. The number of morpholine rings is 1. The van der Waals surface area contributed by atoms with E-state index in [1.807, 2.05) is 24.4 Å². The number of rotatable bonds is 3. The second-order valence-corrected chi connectivity index (χ2v) is 7.74. The number of aromatic nitrogens is 3. The normalized spacial score (nSPS) is 17.8. The summed E-state index contributed by atoms with van der Waals surface area (Å²) in [7, 11) is 0. The molecule has 0 saturated carbocycles. The Labute approximate surface area is 174 Å². The Balaban J connectivity index is 1.32. The lowest BCUT2D eigenvalue weighted by molar-refractivity contribution is 0.122. The summed E-state index contributed by atoms with van der Waals surface area (Å²) in [6, 6.07) is 10.0. The molecule has 150 valence electrons. The van der Waals surface area contributed by atoms with Gasteiger partial charge in [-0.15, -0.1) is 0 Å². The Bertz CT molecular complexity index is 1000. The summed E-state index contributed by atoms with van der Waals surface area (Å²) >= 11 is 6.23. The van der Waals surface area contributed by atoms with Crippen molar-refractivity contribution in [3.05, 3.63) is 47.9 Å². The van der Waals surface area contributed by atoms with Crippen LogP contribution >= 0.6 is 11.6 Å².